The quantitative estimate of drug-likeness (QED) is 0.599. The topological polar surface area (TPSA) is 52.6 Å². The lowest BCUT2D eigenvalue weighted by Crippen LogP contribution is -2.29. The van der Waals surface area contributed by atoms with E-state index < -0.39 is 17.4 Å². The van der Waals surface area contributed by atoms with E-state index in [4.69, 9.17) is 9.47 Å². The van der Waals surface area contributed by atoms with Crippen molar-refractivity contribution in [3.8, 4) is 0 Å². The maximum atomic E-state index is 12.1. The van der Waals surface area contributed by atoms with Crippen molar-refractivity contribution in [1.82, 2.24) is 0 Å². The first-order valence-corrected chi connectivity index (χ1v) is 6.12. The van der Waals surface area contributed by atoms with Crippen LogP contribution >= 0.6 is 0 Å². The fraction of sp³-hybridized carbons (Fsp3) is 0.429. The Hall–Kier alpha value is -1.84. The van der Waals surface area contributed by atoms with Gasteiger partial charge in [-0.1, -0.05) is 30.3 Å². The summed E-state index contributed by atoms with van der Waals surface area (Å²) in [6, 6.07) is 9.62. The van der Waals surface area contributed by atoms with Crippen molar-refractivity contribution >= 4 is 11.9 Å². The predicted octanol–water partition coefficient (Wildman–Crippen LogP) is 1.51. The minimum Gasteiger partial charge on any atom is -0.465 e. The van der Waals surface area contributed by atoms with Crippen molar-refractivity contribution in [3.63, 3.8) is 0 Å². The van der Waals surface area contributed by atoms with Crippen LogP contribution in [0.1, 0.15) is 18.4 Å². The summed E-state index contributed by atoms with van der Waals surface area (Å²) in [5.74, 6) is -1.02. The zero-order valence-corrected chi connectivity index (χ0v) is 10.1. The second-order valence-corrected chi connectivity index (χ2v) is 4.68. The molecule has 2 aliphatic rings. The van der Waals surface area contributed by atoms with E-state index in [0.717, 1.165) is 5.56 Å². The van der Waals surface area contributed by atoms with Crippen molar-refractivity contribution in [2.24, 2.45) is 11.3 Å². The summed E-state index contributed by atoms with van der Waals surface area (Å²) < 4.78 is 10.1. The molecule has 18 heavy (non-hydrogen) atoms. The maximum Gasteiger partial charge on any atom is 0.324 e. The van der Waals surface area contributed by atoms with Gasteiger partial charge in [0.15, 0.2) is 5.41 Å². The zero-order valence-electron chi connectivity index (χ0n) is 10.1. The third-order valence-corrected chi connectivity index (χ3v) is 3.87. The van der Waals surface area contributed by atoms with Crippen molar-refractivity contribution in [2.45, 2.75) is 12.8 Å². The van der Waals surface area contributed by atoms with E-state index in [1.165, 1.54) is 0 Å². The average molecular weight is 246 g/mol. The molecule has 1 aliphatic heterocycles. The van der Waals surface area contributed by atoms with Crippen LogP contribution in [-0.2, 0) is 19.1 Å². The van der Waals surface area contributed by atoms with E-state index in [2.05, 4.69) is 0 Å². The van der Waals surface area contributed by atoms with E-state index in [1.807, 2.05) is 30.3 Å². The Morgan fingerprint density at radius 3 is 2.83 bits per heavy atom. The van der Waals surface area contributed by atoms with Crippen LogP contribution in [0.4, 0.5) is 0 Å². The number of carbonyl (C=O) groups excluding carboxylic acids is 2. The van der Waals surface area contributed by atoms with E-state index in [-0.39, 0.29) is 18.4 Å². The van der Waals surface area contributed by atoms with Gasteiger partial charge < -0.3 is 9.47 Å². The lowest BCUT2D eigenvalue weighted by molar-refractivity contribution is -0.160. The molecule has 1 aliphatic carbocycles. The molecular weight excluding hydrogens is 232 g/mol. The molecule has 0 spiro atoms. The minimum atomic E-state index is -1.07. The fourth-order valence-corrected chi connectivity index (χ4v) is 3.02. The van der Waals surface area contributed by atoms with Crippen LogP contribution in [0.5, 0.6) is 0 Å². The van der Waals surface area contributed by atoms with Gasteiger partial charge in [0, 0.05) is 11.8 Å². The molecule has 1 aromatic carbocycles. The summed E-state index contributed by atoms with van der Waals surface area (Å²) in [5.41, 5.74) is -0.0654. The summed E-state index contributed by atoms with van der Waals surface area (Å²) in [5, 5.41) is 0. The molecule has 1 heterocycles. The van der Waals surface area contributed by atoms with Gasteiger partial charge in [-0.2, -0.15) is 0 Å². The molecule has 0 bridgehead atoms. The molecule has 1 saturated carbocycles. The van der Waals surface area contributed by atoms with Crippen LogP contribution in [-0.4, -0.2) is 25.2 Å². The van der Waals surface area contributed by atoms with Gasteiger partial charge in [0.05, 0.1) is 13.2 Å². The van der Waals surface area contributed by atoms with Crippen molar-refractivity contribution < 1.29 is 19.1 Å². The highest BCUT2D eigenvalue weighted by atomic mass is 16.6. The van der Waals surface area contributed by atoms with Gasteiger partial charge in [-0.15, -0.1) is 0 Å². The standard InChI is InChI=1S/C14H14O4/c1-2-17-12(15)14-10(8-18-13(14)16)11(14)9-6-4-3-5-7-9/h3-7,10-11H,2,8H2,1H3/t10-,11-,14-/m1/s1. The van der Waals surface area contributed by atoms with Crippen LogP contribution in [0.3, 0.4) is 0 Å². The van der Waals surface area contributed by atoms with Crippen molar-refractivity contribution in [1.29, 1.82) is 0 Å². The largest absolute Gasteiger partial charge is 0.465 e. The molecule has 4 nitrogen and oxygen atoms in total. The number of hydrogen-bond donors (Lipinski definition) is 0. The molecule has 94 valence electrons. The Morgan fingerprint density at radius 2 is 2.17 bits per heavy atom. The molecule has 1 aromatic rings. The molecule has 0 amide bonds. The lowest BCUT2D eigenvalue weighted by atomic mass is 9.99. The molecular formula is C14H14O4. The molecule has 1 saturated heterocycles. The number of cyclic esters (lactones) is 1. The number of ether oxygens (including phenoxy) is 2. The summed E-state index contributed by atoms with van der Waals surface area (Å²) in [6.45, 7) is 2.34. The molecule has 3 atom stereocenters. The highest BCUT2D eigenvalue weighted by Crippen LogP contribution is 2.69. The lowest BCUT2D eigenvalue weighted by Gasteiger charge is -2.12. The minimum absolute atomic E-state index is 0.0635. The normalized spacial score (nSPS) is 32.6. The van der Waals surface area contributed by atoms with Gasteiger partial charge in [0.2, 0.25) is 0 Å². The Labute approximate surface area is 105 Å². The van der Waals surface area contributed by atoms with Gasteiger partial charge in [0.1, 0.15) is 0 Å². The number of benzene rings is 1. The Balaban J connectivity index is 1.96. The summed E-state index contributed by atoms with van der Waals surface area (Å²) in [4.78, 5) is 24.0. The Bertz CT molecular complexity index is 496. The van der Waals surface area contributed by atoms with E-state index in [9.17, 15) is 9.59 Å². The summed E-state index contributed by atoms with van der Waals surface area (Å²) >= 11 is 0. The predicted molar refractivity (Wildman–Crippen MR) is 62.7 cm³/mol. The van der Waals surface area contributed by atoms with Crippen LogP contribution < -0.4 is 0 Å². The highest BCUT2D eigenvalue weighted by molar-refractivity contribution is 6.07. The third kappa shape index (κ3) is 1.26. The molecule has 4 heteroatoms. The van der Waals surface area contributed by atoms with Crippen LogP contribution in [0.2, 0.25) is 0 Å². The molecule has 0 unspecified atom stereocenters. The molecule has 3 rings (SSSR count). The molecule has 0 radical (unpaired) electrons. The number of hydrogen-bond acceptors (Lipinski definition) is 4. The van der Waals surface area contributed by atoms with Crippen molar-refractivity contribution in [3.05, 3.63) is 35.9 Å². The van der Waals surface area contributed by atoms with E-state index >= 15 is 0 Å². The van der Waals surface area contributed by atoms with E-state index in [0.29, 0.717) is 6.61 Å². The van der Waals surface area contributed by atoms with Crippen LogP contribution in [0.15, 0.2) is 30.3 Å². The second kappa shape index (κ2) is 3.83. The summed E-state index contributed by atoms with van der Waals surface area (Å²) in [6.07, 6.45) is 0. The van der Waals surface area contributed by atoms with Gasteiger partial charge >= 0.3 is 11.9 Å². The third-order valence-electron chi connectivity index (χ3n) is 3.87. The Kier molecular flexibility index (Phi) is 2.40. The average Bonchev–Trinajstić information content (AvgIpc) is 2.96. The number of carbonyl (C=O) groups is 2. The van der Waals surface area contributed by atoms with Gasteiger partial charge in [-0.05, 0) is 12.5 Å². The first kappa shape index (κ1) is 11.3. The molecule has 0 aromatic heterocycles. The molecule has 0 N–H and O–H groups in total. The zero-order chi connectivity index (χ0) is 12.8. The van der Waals surface area contributed by atoms with Crippen LogP contribution in [0, 0.1) is 11.3 Å². The number of fused-ring (bicyclic) bond motifs is 1. The van der Waals surface area contributed by atoms with Crippen molar-refractivity contribution in [2.75, 3.05) is 13.2 Å². The number of esters is 2. The smallest absolute Gasteiger partial charge is 0.324 e. The van der Waals surface area contributed by atoms with E-state index in [1.54, 1.807) is 6.92 Å². The Morgan fingerprint density at radius 1 is 1.44 bits per heavy atom. The fourth-order valence-electron chi connectivity index (χ4n) is 3.02. The van der Waals surface area contributed by atoms with Gasteiger partial charge in [-0.25, -0.2) is 0 Å². The molecule has 2 fully saturated rings. The first-order chi connectivity index (χ1) is 8.72. The second-order valence-electron chi connectivity index (χ2n) is 4.68. The summed E-state index contributed by atoms with van der Waals surface area (Å²) in [7, 11) is 0. The number of rotatable bonds is 3. The van der Waals surface area contributed by atoms with Crippen LogP contribution in [0.25, 0.3) is 0 Å². The van der Waals surface area contributed by atoms with Gasteiger partial charge in [0.25, 0.3) is 0 Å². The highest BCUT2D eigenvalue weighted by Gasteiger charge is 2.80. The van der Waals surface area contributed by atoms with Gasteiger partial charge in [-0.3, -0.25) is 9.59 Å². The SMILES string of the molecule is CCOC(=O)[C@@]12C(=O)OC[C@@H]1[C@H]2c1ccccc1. The maximum absolute atomic E-state index is 12.1. The monoisotopic (exact) mass is 246 g/mol. The first-order valence-electron chi connectivity index (χ1n) is 6.12.